The molecular weight excluding hydrogens is 452 g/mol. The summed E-state index contributed by atoms with van der Waals surface area (Å²) in [6, 6.07) is 0.545. The summed E-state index contributed by atoms with van der Waals surface area (Å²) in [7, 11) is -3.88. The Kier molecular flexibility index (Phi) is 4.79. The number of nitrogens with zero attached hydrogens (tertiary/aromatic N) is 1. The van der Waals surface area contributed by atoms with Crippen molar-refractivity contribution in [3.8, 4) is 0 Å². The molecule has 1 aromatic heterocycles. The highest BCUT2D eigenvalue weighted by Crippen LogP contribution is 2.41. The fourth-order valence-electron chi connectivity index (χ4n) is 3.47. The van der Waals surface area contributed by atoms with E-state index >= 15 is 0 Å². The summed E-state index contributed by atoms with van der Waals surface area (Å²) in [5, 5.41) is -0.460. The van der Waals surface area contributed by atoms with Crippen molar-refractivity contribution < 1.29 is 26.0 Å². The molecule has 0 aliphatic heterocycles. The quantitative estimate of drug-likeness (QED) is 0.629. The number of benzene rings is 1. The first-order chi connectivity index (χ1) is 12.7. The predicted octanol–water partition coefficient (Wildman–Crippen LogP) is 4.60. The van der Waals surface area contributed by atoms with Crippen LogP contribution in [0.1, 0.15) is 43.3 Å². The molecule has 0 saturated heterocycles. The van der Waals surface area contributed by atoms with Gasteiger partial charge in [0.05, 0.1) is 9.72 Å². The van der Waals surface area contributed by atoms with E-state index in [4.69, 9.17) is 0 Å². The van der Waals surface area contributed by atoms with Crippen LogP contribution in [0.3, 0.4) is 0 Å². The molecule has 0 amide bonds. The van der Waals surface area contributed by atoms with Crippen LogP contribution in [0.15, 0.2) is 22.8 Å². The number of halogens is 5. The topological polar surface area (TPSA) is 51.1 Å². The second-order valence-electron chi connectivity index (χ2n) is 7.17. The first-order valence-electron chi connectivity index (χ1n) is 8.60. The molecule has 1 unspecified atom stereocenters. The Balaban J connectivity index is 1.82. The second-order valence-corrected chi connectivity index (χ2v) is 10.0. The van der Waals surface area contributed by atoms with E-state index in [-0.39, 0.29) is 34.3 Å². The van der Waals surface area contributed by atoms with Crippen LogP contribution >= 0.6 is 15.9 Å². The number of nitrogens with one attached hydrogen (secondary N) is 1. The zero-order chi connectivity index (χ0) is 19.5. The lowest BCUT2D eigenvalue weighted by Gasteiger charge is -2.31. The molecule has 148 valence electrons. The van der Waals surface area contributed by atoms with Crippen molar-refractivity contribution in [3.05, 3.63) is 34.2 Å². The highest BCUT2D eigenvalue weighted by molar-refractivity contribution is 9.10. The van der Waals surface area contributed by atoms with Crippen LogP contribution in [-0.4, -0.2) is 30.8 Å². The third-order valence-corrected chi connectivity index (χ3v) is 7.74. The maximum atomic E-state index is 14.1. The molecule has 1 heterocycles. The van der Waals surface area contributed by atoms with Crippen molar-refractivity contribution in [2.24, 2.45) is 0 Å². The van der Waals surface area contributed by atoms with Gasteiger partial charge in [0, 0.05) is 28.7 Å². The SMILES string of the molecule is O=S(=O)(NC(c1cn(C2CC(F)C2)c2cc(Br)c(F)cc12)C(F)F)C1CC1. The van der Waals surface area contributed by atoms with E-state index in [0.29, 0.717) is 18.4 Å². The minimum atomic E-state index is -3.88. The molecule has 4 nitrogen and oxygen atoms in total. The zero-order valence-corrected chi connectivity index (χ0v) is 16.4. The number of hydrogen-bond donors (Lipinski definition) is 1. The molecule has 27 heavy (non-hydrogen) atoms. The van der Waals surface area contributed by atoms with Gasteiger partial charge in [-0.05, 0) is 53.7 Å². The van der Waals surface area contributed by atoms with Gasteiger partial charge in [-0.2, -0.15) is 0 Å². The molecule has 2 saturated carbocycles. The summed E-state index contributed by atoms with van der Waals surface area (Å²) < 4.78 is 83.3. The Morgan fingerprint density at radius 2 is 1.89 bits per heavy atom. The van der Waals surface area contributed by atoms with E-state index in [9.17, 15) is 26.0 Å². The maximum Gasteiger partial charge on any atom is 0.258 e. The normalized spacial score (nSPS) is 24.4. The minimum Gasteiger partial charge on any atom is -0.344 e. The van der Waals surface area contributed by atoms with Gasteiger partial charge in [0.2, 0.25) is 10.0 Å². The standard InChI is InChI=1S/C17H17BrF4N2O2S/c18-13-6-15-11(5-14(13)20)12(7-24(15)9-3-8(19)4-9)16(17(21)22)23-27(25,26)10-1-2-10/h5-10,16-17,23H,1-4H2. The summed E-state index contributed by atoms with van der Waals surface area (Å²) in [4.78, 5) is 0. The molecule has 1 N–H and O–H groups in total. The Morgan fingerprint density at radius 1 is 1.22 bits per heavy atom. The Labute approximate surface area is 162 Å². The van der Waals surface area contributed by atoms with Gasteiger partial charge in [-0.3, -0.25) is 0 Å². The van der Waals surface area contributed by atoms with Crippen LogP contribution in [-0.2, 0) is 10.0 Å². The summed E-state index contributed by atoms with van der Waals surface area (Å²) in [6.45, 7) is 0. The Bertz CT molecular complexity index is 984. The lowest BCUT2D eigenvalue weighted by Crippen LogP contribution is -2.35. The lowest BCUT2D eigenvalue weighted by atomic mass is 9.90. The van der Waals surface area contributed by atoms with Gasteiger partial charge in [-0.25, -0.2) is 30.7 Å². The summed E-state index contributed by atoms with van der Waals surface area (Å²) in [6.07, 6.45) is -1.21. The van der Waals surface area contributed by atoms with E-state index in [1.165, 1.54) is 12.3 Å². The number of rotatable bonds is 6. The molecule has 2 aliphatic rings. The van der Waals surface area contributed by atoms with E-state index < -0.39 is 39.7 Å². The van der Waals surface area contributed by atoms with E-state index in [2.05, 4.69) is 20.7 Å². The molecule has 1 atom stereocenters. The highest BCUT2D eigenvalue weighted by atomic mass is 79.9. The van der Waals surface area contributed by atoms with Crippen molar-refractivity contribution in [1.29, 1.82) is 0 Å². The molecule has 2 aliphatic carbocycles. The van der Waals surface area contributed by atoms with Crippen molar-refractivity contribution in [2.45, 2.75) is 55.6 Å². The lowest BCUT2D eigenvalue weighted by molar-refractivity contribution is 0.109. The van der Waals surface area contributed by atoms with Crippen LogP contribution in [0.4, 0.5) is 17.6 Å². The van der Waals surface area contributed by atoms with Gasteiger partial charge in [0.15, 0.2) is 0 Å². The zero-order valence-electron chi connectivity index (χ0n) is 14.0. The molecule has 0 spiro atoms. The van der Waals surface area contributed by atoms with Crippen LogP contribution in [0.5, 0.6) is 0 Å². The van der Waals surface area contributed by atoms with Crippen molar-refractivity contribution >= 4 is 36.9 Å². The van der Waals surface area contributed by atoms with Crippen molar-refractivity contribution in [3.63, 3.8) is 0 Å². The summed E-state index contributed by atoms with van der Waals surface area (Å²) in [5.41, 5.74) is 0.462. The molecule has 0 radical (unpaired) electrons. The first-order valence-corrected chi connectivity index (χ1v) is 10.9. The smallest absolute Gasteiger partial charge is 0.258 e. The predicted molar refractivity (Wildman–Crippen MR) is 96.6 cm³/mol. The van der Waals surface area contributed by atoms with Crippen LogP contribution in [0.2, 0.25) is 0 Å². The van der Waals surface area contributed by atoms with Gasteiger partial charge in [-0.1, -0.05) is 0 Å². The third kappa shape index (κ3) is 3.51. The average Bonchev–Trinajstić information content (AvgIpc) is 3.36. The molecule has 4 rings (SSSR count). The van der Waals surface area contributed by atoms with Gasteiger partial charge < -0.3 is 4.57 Å². The average molecular weight is 469 g/mol. The first kappa shape index (κ1) is 19.2. The number of fused-ring (bicyclic) bond motifs is 1. The van der Waals surface area contributed by atoms with Crippen molar-refractivity contribution in [1.82, 2.24) is 9.29 Å². The van der Waals surface area contributed by atoms with Crippen LogP contribution in [0.25, 0.3) is 10.9 Å². The molecule has 2 fully saturated rings. The fourth-order valence-corrected chi connectivity index (χ4v) is 5.33. The van der Waals surface area contributed by atoms with E-state index in [1.54, 1.807) is 4.57 Å². The number of alkyl halides is 3. The highest BCUT2D eigenvalue weighted by Gasteiger charge is 2.40. The molecule has 1 aromatic carbocycles. The largest absolute Gasteiger partial charge is 0.344 e. The van der Waals surface area contributed by atoms with E-state index in [0.717, 1.165) is 6.07 Å². The van der Waals surface area contributed by atoms with Gasteiger partial charge in [-0.15, -0.1) is 0 Å². The second kappa shape index (κ2) is 6.73. The summed E-state index contributed by atoms with van der Waals surface area (Å²) >= 11 is 3.08. The molecular formula is C17H17BrF4N2O2S. The number of aromatic nitrogens is 1. The molecule has 10 heteroatoms. The molecule has 2 aromatic rings. The molecule has 0 bridgehead atoms. The van der Waals surface area contributed by atoms with Crippen LogP contribution < -0.4 is 4.72 Å². The van der Waals surface area contributed by atoms with Gasteiger partial charge in [0.25, 0.3) is 6.43 Å². The van der Waals surface area contributed by atoms with Gasteiger partial charge in [0.1, 0.15) is 18.0 Å². The van der Waals surface area contributed by atoms with Gasteiger partial charge >= 0.3 is 0 Å². The van der Waals surface area contributed by atoms with E-state index in [1.807, 2.05) is 0 Å². The minimum absolute atomic E-state index is 0.00191. The third-order valence-electron chi connectivity index (χ3n) is 5.20. The fraction of sp³-hybridized carbons (Fsp3) is 0.529. The maximum absolute atomic E-state index is 14.1. The monoisotopic (exact) mass is 468 g/mol. The Hall–Kier alpha value is -1.13. The Morgan fingerprint density at radius 3 is 2.44 bits per heavy atom. The van der Waals surface area contributed by atoms with Crippen molar-refractivity contribution in [2.75, 3.05) is 0 Å². The summed E-state index contributed by atoms with van der Waals surface area (Å²) in [5.74, 6) is -0.642. The number of sulfonamides is 1. The number of hydrogen-bond acceptors (Lipinski definition) is 2. The van der Waals surface area contributed by atoms with Crippen LogP contribution in [0, 0.1) is 5.82 Å².